The van der Waals surface area contributed by atoms with Crippen molar-refractivity contribution in [2.45, 2.75) is 13.0 Å². The van der Waals surface area contributed by atoms with Gasteiger partial charge in [0.15, 0.2) is 0 Å². The third-order valence-electron chi connectivity index (χ3n) is 3.52. The van der Waals surface area contributed by atoms with Gasteiger partial charge < -0.3 is 14.5 Å². The minimum absolute atomic E-state index is 0.133. The average Bonchev–Trinajstić information content (AvgIpc) is 3.11. The number of methoxy groups -OCH3 is 1. The van der Waals surface area contributed by atoms with Gasteiger partial charge in [-0.3, -0.25) is 4.79 Å². The van der Waals surface area contributed by atoms with E-state index in [1.165, 1.54) is 0 Å². The van der Waals surface area contributed by atoms with Crippen molar-refractivity contribution < 1.29 is 13.9 Å². The minimum atomic E-state index is -0.133. The molecular formula is C18H16ClN3O3. The molecule has 0 aliphatic heterocycles. The highest BCUT2D eigenvalue weighted by Crippen LogP contribution is 2.21. The normalized spacial score (nSPS) is 10.5. The maximum absolute atomic E-state index is 12.0. The third kappa shape index (κ3) is 4.58. The Kier molecular flexibility index (Phi) is 5.30. The molecule has 3 aromatic rings. The van der Waals surface area contributed by atoms with Crippen LogP contribution >= 0.6 is 11.6 Å². The molecule has 1 aromatic heterocycles. The van der Waals surface area contributed by atoms with Gasteiger partial charge in [0.2, 0.25) is 17.7 Å². The highest BCUT2D eigenvalue weighted by molar-refractivity contribution is 6.30. The molecule has 1 N–H and O–H groups in total. The highest BCUT2D eigenvalue weighted by atomic mass is 35.5. The Morgan fingerprint density at radius 2 is 1.84 bits per heavy atom. The van der Waals surface area contributed by atoms with Crippen molar-refractivity contribution in [2.24, 2.45) is 0 Å². The van der Waals surface area contributed by atoms with Crippen LogP contribution in [0, 0.1) is 0 Å². The van der Waals surface area contributed by atoms with E-state index in [9.17, 15) is 4.79 Å². The van der Waals surface area contributed by atoms with Crippen LogP contribution in [0.25, 0.3) is 11.5 Å². The Bertz CT molecular complexity index is 845. The van der Waals surface area contributed by atoms with E-state index in [0.717, 1.165) is 16.9 Å². The number of carbonyl (C=O) groups is 1. The Morgan fingerprint density at radius 1 is 1.12 bits per heavy atom. The van der Waals surface area contributed by atoms with E-state index in [1.807, 2.05) is 36.4 Å². The van der Waals surface area contributed by atoms with Gasteiger partial charge in [0.05, 0.1) is 20.1 Å². The molecule has 128 valence electrons. The molecule has 0 fully saturated rings. The molecule has 0 unspecified atom stereocenters. The van der Waals surface area contributed by atoms with Crippen molar-refractivity contribution in [3.05, 3.63) is 65.0 Å². The molecule has 0 aliphatic carbocycles. The fraction of sp³-hybridized carbons (Fsp3) is 0.167. The second-order valence-corrected chi connectivity index (χ2v) is 5.75. The van der Waals surface area contributed by atoms with Gasteiger partial charge in [-0.2, -0.15) is 0 Å². The quantitative estimate of drug-likeness (QED) is 0.732. The molecule has 0 bridgehead atoms. The van der Waals surface area contributed by atoms with E-state index < -0.39 is 0 Å². The van der Waals surface area contributed by atoms with Crippen LogP contribution in [0.1, 0.15) is 11.5 Å². The molecule has 2 aromatic carbocycles. The highest BCUT2D eigenvalue weighted by Gasteiger charge is 2.10. The summed E-state index contributed by atoms with van der Waals surface area (Å²) in [5, 5.41) is 11.3. The molecule has 7 heteroatoms. The van der Waals surface area contributed by atoms with Crippen molar-refractivity contribution >= 4 is 17.5 Å². The summed E-state index contributed by atoms with van der Waals surface area (Å²) in [5.74, 6) is 1.35. The maximum Gasteiger partial charge on any atom is 0.247 e. The maximum atomic E-state index is 12.0. The predicted octanol–water partition coefficient (Wildman–Crippen LogP) is 3.26. The van der Waals surface area contributed by atoms with E-state index in [1.54, 1.807) is 19.2 Å². The molecule has 1 heterocycles. The van der Waals surface area contributed by atoms with Gasteiger partial charge in [-0.25, -0.2) is 0 Å². The van der Waals surface area contributed by atoms with Crippen molar-refractivity contribution in [2.75, 3.05) is 7.11 Å². The first kappa shape index (κ1) is 17.0. The summed E-state index contributed by atoms with van der Waals surface area (Å²) in [5.41, 5.74) is 1.67. The van der Waals surface area contributed by atoms with E-state index in [-0.39, 0.29) is 18.9 Å². The van der Waals surface area contributed by atoms with Crippen LogP contribution in [0.2, 0.25) is 5.02 Å². The first-order valence-corrected chi connectivity index (χ1v) is 8.00. The number of rotatable bonds is 6. The van der Waals surface area contributed by atoms with Gasteiger partial charge in [-0.15, -0.1) is 10.2 Å². The molecule has 0 radical (unpaired) electrons. The second kappa shape index (κ2) is 7.81. The fourth-order valence-electron chi connectivity index (χ4n) is 2.20. The zero-order valence-electron chi connectivity index (χ0n) is 13.5. The summed E-state index contributed by atoms with van der Waals surface area (Å²) in [6, 6.07) is 14.4. The lowest BCUT2D eigenvalue weighted by Gasteiger charge is -2.03. The molecule has 1 amide bonds. The lowest BCUT2D eigenvalue weighted by molar-refractivity contribution is -0.120. The van der Waals surface area contributed by atoms with Gasteiger partial charge in [-0.05, 0) is 42.0 Å². The summed E-state index contributed by atoms with van der Waals surface area (Å²) in [4.78, 5) is 12.0. The number of aromatic nitrogens is 2. The summed E-state index contributed by atoms with van der Waals surface area (Å²) < 4.78 is 10.7. The lowest BCUT2D eigenvalue weighted by atomic mass is 10.1. The molecule has 6 nitrogen and oxygen atoms in total. The number of nitrogens with zero attached hydrogens (tertiary/aromatic N) is 2. The number of benzene rings is 2. The first-order chi connectivity index (χ1) is 12.1. The van der Waals surface area contributed by atoms with E-state index >= 15 is 0 Å². The minimum Gasteiger partial charge on any atom is -0.497 e. The van der Waals surface area contributed by atoms with Crippen molar-refractivity contribution in [3.63, 3.8) is 0 Å². The number of hydrogen-bond acceptors (Lipinski definition) is 5. The number of carbonyl (C=O) groups excluding carboxylic acids is 1. The molecular weight excluding hydrogens is 342 g/mol. The molecule has 0 atom stereocenters. The number of halogens is 1. The molecule has 0 spiro atoms. The molecule has 3 rings (SSSR count). The standard InChI is InChI=1S/C18H16ClN3O3/c1-24-15-8-4-13(5-9-15)18-22-21-17(25-18)11-20-16(23)10-12-2-6-14(19)7-3-12/h2-9H,10-11H2,1H3,(H,20,23). The topological polar surface area (TPSA) is 77.3 Å². The first-order valence-electron chi connectivity index (χ1n) is 7.62. The predicted molar refractivity (Wildman–Crippen MR) is 93.3 cm³/mol. The average molecular weight is 358 g/mol. The van der Waals surface area contributed by atoms with Crippen LogP contribution in [-0.4, -0.2) is 23.2 Å². The molecule has 25 heavy (non-hydrogen) atoms. The van der Waals surface area contributed by atoms with Crippen LogP contribution in [-0.2, 0) is 17.8 Å². The lowest BCUT2D eigenvalue weighted by Crippen LogP contribution is -2.24. The van der Waals surface area contributed by atoms with Gasteiger partial charge in [-0.1, -0.05) is 23.7 Å². The zero-order valence-corrected chi connectivity index (χ0v) is 14.3. The van der Waals surface area contributed by atoms with Crippen molar-refractivity contribution in [1.29, 1.82) is 0 Å². The number of hydrogen-bond donors (Lipinski definition) is 1. The SMILES string of the molecule is COc1ccc(-c2nnc(CNC(=O)Cc3ccc(Cl)cc3)o2)cc1. The monoisotopic (exact) mass is 357 g/mol. The van der Waals surface area contributed by atoms with Crippen LogP contribution in [0.15, 0.2) is 52.9 Å². The molecule has 0 saturated carbocycles. The summed E-state index contributed by atoms with van der Waals surface area (Å²) >= 11 is 5.82. The van der Waals surface area contributed by atoms with Gasteiger partial charge >= 0.3 is 0 Å². The number of nitrogens with one attached hydrogen (secondary N) is 1. The Labute approximate surface area is 149 Å². The van der Waals surface area contributed by atoms with Crippen LogP contribution in [0.5, 0.6) is 5.75 Å². The van der Waals surface area contributed by atoms with Gasteiger partial charge in [0.1, 0.15) is 5.75 Å². The third-order valence-corrected chi connectivity index (χ3v) is 3.77. The van der Waals surface area contributed by atoms with Crippen LogP contribution in [0.3, 0.4) is 0 Å². The van der Waals surface area contributed by atoms with Crippen molar-refractivity contribution in [1.82, 2.24) is 15.5 Å². The van der Waals surface area contributed by atoms with Crippen LogP contribution in [0.4, 0.5) is 0 Å². The fourth-order valence-corrected chi connectivity index (χ4v) is 2.33. The van der Waals surface area contributed by atoms with Gasteiger partial charge in [0, 0.05) is 10.6 Å². The Balaban J connectivity index is 1.55. The van der Waals surface area contributed by atoms with E-state index in [2.05, 4.69) is 15.5 Å². The summed E-state index contributed by atoms with van der Waals surface area (Å²) in [6.07, 6.45) is 0.261. The summed E-state index contributed by atoms with van der Waals surface area (Å²) in [7, 11) is 1.60. The largest absolute Gasteiger partial charge is 0.497 e. The second-order valence-electron chi connectivity index (χ2n) is 5.31. The Hall–Kier alpha value is -2.86. The van der Waals surface area contributed by atoms with E-state index in [4.69, 9.17) is 20.8 Å². The Morgan fingerprint density at radius 3 is 2.52 bits per heavy atom. The molecule has 0 saturated heterocycles. The number of ether oxygens (including phenoxy) is 1. The van der Waals surface area contributed by atoms with Gasteiger partial charge in [0.25, 0.3) is 0 Å². The summed E-state index contributed by atoms with van der Waals surface area (Å²) in [6.45, 7) is 0.176. The van der Waals surface area contributed by atoms with E-state index in [0.29, 0.717) is 16.8 Å². The van der Waals surface area contributed by atoms with Crippen LogP contribution < -0.4 is 10.1 Å². The smallest absolute Gasteiger partial charge is 0.247 e. The van der Waals surface area contributed by atoms with Crippen molar-refractivity contribution in [3.8, 4) is 17.2 Å². The zero-order chi connectivity index (χ0) is 17.6. The number of amides is 1. The molecule has 0 aliphatic rings.